The van der Waals surface area contributed by atoms with Crippen LogP contribution in [0.4, 0.5) is 0 Å². The molecule has 0 aromatic carbocycles. The molecule has 6 nitrogen and oxygen atoms in total. The van der Waals surface area contributed by atoms with Gasteiger partial charge in [-0.25, -0.2) is 8.42 Å². The molecule has 0 fully saturated rings. The predicted octanol–water partition coefficient (Wildman–Crippen LogP) is 1.02. The van der Waals surface area contributed by atoms with Gasteiger partial charge < -0.3 is 15.4 Å². The molecule has 0 radical (unpaired) electrons. The van der Waals surface area contributed by atoms with Gasteiger partial charge in [-0.05, 0) is 27.2 Å². The zero-order valence-electron chi connectivity index (χ0n) is 13.0. The van der Waals surface area contributed by atoms with E-state index in [2.05, 4.69) is 15.6 Å². The van der Waals surface area contributed by atoms with Gasteiger partial charge in [-0.2, -0.15) is 0 Å². The molecule has 20 heavy (non-hydrogen) atoms. The molecule has 0 aromatic rings. The summed E-state index contributed by atoms with van der Waals surface area (Å²) < 4.78 is 27.5. The summed E-state index contributed by atoms with van der Waals surface area (Å²) in [5, 5.41) is 6.14. The van der Waals surface area contributed by atoms with E-state index in [4.69, 9.17) is 4.74 Å². The van der Waals surface area contributed by atoms with Crippen molar-refractivity contribution in [2.24, 2.45) is 4.99 Å². The molecule has 0 heterocycles. The van der Waals surface area contributed by atoms with Crippen LogP contribution in [0.2, 0.25) is 0 Å². The fourth-order valence-corrected chi connectivity index (χ4v) is 1.51. The number of ether oxygens (including phenoxy) is 1. The Hall–Kier alpha value is -0.0900. The van der Waals surface area contributed by atoms with E-state index in [1.54, 1.807) is 20.9 Å². The lowest BCUT2D eigenvalue weighted by atomic mass is 10.2. The van der Waals surface area contributed by atoms with E-state index >= 15 is 0 Å². The Balaban J connectivity index is 0. The Morgan fingerprint density at radius 3 is 2.35 bits per heavy atom. The van der Waals surface area contributed by atoms with E-state index in [9.17, 15) is 8.42 Å². The highest BCUT2D eigenvalue weighted by Crippen LogP contribution is 2.13. The van der Waals surface area contributed by atoms with Crippen molar-refractivity contribution in [3.8, 4) is 0 Å². The third-order valence-electron chi connectivity index (χ3n) is 2.87. The van der Waals surface area contributed by atoms with Crippen LogP contribution >= 0.6 is 24.0 Å². The molecule has 0 amide bonds. The summed E-state index contributed by atoms with van der Waals surface area (Å²) in [7, 11) is -1.45. The molecule has 0 aliphatic heterocycles. The molecule has 0 aromatic heterocycles. The fourth-order valence-electron chi connectivity index (χ4n) is 1.17. The second-order valence-electron chi connectivity index (χ2n) is 4.93. The topological polar surface area (TPSA) is 79.8 Å². The average molecular weight is 421 g/mol. The highest BCUT2D eigenvalue weighted by atomic mass is 127. The summed E-state index contributed by atoms with van der Waals surface area (Å²) in [6, 6.07) is 0. The molecule has 0 saturated heterocycles. The molecule has 0 atom stereocenters. The van der Waals surface area contributed by atoms with Gasteiger partial charge in [-0.15, -0.1) is 24.0 Å². The first kappa shape index (κ1) is 22.2. The maximum Gasteiger partial charge on any atom is 0.191 e. The lowest BCUT2D eigenvalue weighted by molar-refractivity contribution is 0.145. The van der Waals surface area contributed by atoms with Crippen LogP contribution in [-0.2, 0) is 14.6 Å². The standard InChI is InChI=1S/C12H27N3O3S.HI/c1-6-18-9-7-8-14-11(13-4)15-10-12(2,3)19(5,16)17;/h6-10H2,1-5H3,(H2,13,14,15);1H. The van der Waals surface area contributed by atoms with E-state index in [0.29, 0.717) is 19.1 Å². The van der Waals surface area contributed by atoms with Crippen molar-refractivity contribution in [2.45, 2.75) is 31.9 Å². The van der Waals surface area contributed by atoms with Crippen LogP contribution in [0.5, 0.6) is 0 Å². The number of nitrogens with one attached hydrogen (secondary N) is 2. The van der Waals surface area contributed by atoms with Crippen LogP contribution in [0.3, 0.4) is 0 Å². The van der Waals surface area contributed by atoms with E-state index in [-0.39, 0.29) is 24.0 Å². The zero-order chi connectivity index (χ0) is 14.9. The monoisotopic (exact) mass is 421 g/mol. The van der Waals surface area contributed by atoms with Gasteiger partial charge in [-0.3, -0.25) is 4.99 Å². The summed E-state index contributed by atoms with van der Waals surface area (Å²) in [6.07, 6.45) is 2.12. The van der Waals surface area contributed by atoms with Crippen molar-refractivity contribution in [3.63, 3.8) is 0 Å². The molecule has 0 saturated carbocycles. The molecule has 0 aliphatic carbocycles. The van der Waals surface area contributed by atoms with Gasteiger partial charge in [-0.1, -0.05) is 0 Å². The first-order valence-electron chi connectivity index (χ1n) is 6.46. The van der Waals surface area contributed by atoms with Crippen molar-refractivity contribution in [1.82, 2.24) is 10.6 Å². The lowest BCUT2D eigenvalue weighted by Crippen LogP contribution is -2.47. The molecule has 0 spiro atoms. The van der Waals surface area contributed by atoms with Crippen molar-refractivity contribution in [3.05, 3.63) is 0 Å². The van der Waals surface area contributed by atoms with Gasteiger partial charge >= 0.3 is 0 Å². The molecule has 0 rings (SSSR count). The highest BCUT2D eigenvalue weighted by molar-refractivity contribution is 14.0. The second kappa shape index (κ2) is 10.6. The summed E-state index contributed by atoms with van der Waals surface area (Å²) >= 11 is 0. The van der Waals surface area contributed by atoms with Crippen LogP contribution < -0.4 is 10.6 Å². The highest BCUT2D eigenvalue weighted by Gasteiger charge is 2.30. The Morgan fingerprint density at radius 2 is 1.90 bits per heavy atom. The fraction of sp³-hybridized carbons (Fsp3) is 0.917. The normalized spacial score (nSPS) is 12.8. The van der Waals surface area contributed by atoms with Crippen molar-refractivity contribution < 1.29 is 13.2 Å². The van der Waals surface area contributed by atoms with Gasteiger partial charge in [0.15, 0.2) is 15.8 Å². The number of guanidine groups is 1. The first-order chi connectivity index (χ1) is 8.74. The molecule has 2 N–H and O–H groups in total. The van der Waals surface area contributed by atoms with Gasteiger partial charge in [0.2, 0.25) is 0 Å². The number of rotatable bonds is 8. The zero-order valence-corrected chi connectivity index (χ0v) is 16.2. The molecule has 122 valence electrons. The minimum atomic E-state index is -3.10. The van der Waals surface area contributed by atoms with Crippen LogP contribution in [0, 0.1) is 0 Å². The van der Waals surface area contributed by atoms with E-state index in [0.717, 1.165) is 19.6 Å². The Morgan fingerprint density at radius 1 is 1.30 bits per heavy atom. The number of hydrogen-bond acceptors (Lipinski definition) is 4. The lowest BCUT2D eigenvalue weighted by Gasteiger charge is -2.24. The summed E-state index contributed by atoms with van der Waals surface area (Å²) in [4.78, 5) is 4.05. The summed E-state index contributed by atoms with van der Waals surface area (Å²) in [5.41, 5.74) is 0. The van der Waals surface area contributed by atoms with Crippen LogP contribution in [0.15, 0.2) is 4.99 Å². The molecule has 0 unspecified atom stereocenters. The summed E-state index contributed by atoms with van der Waals surface area (Å²) in [6.45, 7) is 7.82. The Kier molecular flexibility index (Phi) is 11.8. The third-order valence-corrected chi connectivity index (χ3v) is 5.02. The first-order valence-corrected chi connectivity index (χ1v) is 8.35. The molecular formula is C12H28IN3O3S. The maximum atomic E-state index is 11.6. The van der Waals surface area contributed by atoms with Crippen molar-refractivity contribution in [1.29, 1.82) is 0 Å². The second-order valence-corrected chi connectivity index (χ2v) is 7.58. The average Bonchev–Trinajstić information content (AvgIpc) is 2.31. The third kappa shape index (κ3) is 8.96. The maximum absolute atomic E-state index is 11.6. The number of halogens is 1. The smallest absolute Gasteiger partial charge is 0.191 e. The van der Waals surface area contributed by atoms with E-state index in [1.807, 2.05) is 6.92 Å². The molecule has 8 heteroatoms. The number of nitrogens with zero attached hydrogens (tertiary/aromatic N) is 1. The predicted molar refractivity (Wildman–Crippen MR) is 94.8 cm³/mol. The van der Waals surface area contributed by atoms with Crippen molar-refractivity contribution >= 4 is 39.8 Å². The van der Waals surface area contributed by atoms with E-state index in [1.165, 1.54) is 6.26 Å². The SMILES string of the molecule is CCOCCCNC(=NC)NCC(C)(C)S(C)(=O)=O.I. The van der Waals surface area contributed by atoms with Gasteiger partial charge in [0.05, 0.1) is 4.75 Å². The Bertz CT molecular complexity index is 383. The quantitative estimate of drug-likeness (QED) is 0.265. The number of hydrogen-bond donors (Lipinski definition) is 2. The molecular weight excluding hydrogens is 393 g/mol. The molecule has 0 aliphatic rings. The van der Waals surface area contributed by atoms with Gasteiger partial charge in [0.1, 0.15) is 0 Å². The van der Waals surface area contributed by atoms with Crippen LogP contribution in [0.25, 0.3) is 0 Å². The number of aliphatic imine (C=N–C) groups is 1. The van der Waals surface area contributed by atoms with E-state index < -0.39 is 14.6 Å². The minimum Gasteiger partial charge on any atom is -0.382 e. The largest absolute Gasteiger partial charge is 0.382 e. The van der Waals surface area contributed by atoms with Crippen LogP contribution in [-0.4, -0.2) is 58.7 Å². The molecule has 0 bridgehead atoms. The Labute approximate surface area is 140 Å². The van der Waals surface area contributed by atoms with Gasteiger partial charge in [0, 0.05) is 39.6 Å². The van der Waals surface area contributed by atoms with Crippen LogP contribution in [0.1, 0.15) is 27.2 Å². The van der Waals surface area contributed by atoms with Crippen molar-refractivity contribution in [2.75, 3.05) is 39.6 Å². The summed E-state index contributed by atoms with van der Waals surface area (Å²) in [5.74, 6) is 0.605. The number of sulfone groups is 1. The van der Waals surface area contributed by atoms with Gasteiger partial charge in [0.25, 0.3) is 0 Å². The minimum absolute atomic E-state index is 0.